The maximum atomic E-state index is 13.3. The fourth-order valence-electron chi connectivity index (χ4n) is 1.72. The monoisotopic (exact) mass is 415 g/mol. The van der Waals surface area contributed by atoms with Crippen LogP contribution in [0.4, 0.5) is 48.3 Å². The Labute approximate surface area is 135 Å². The van der Waals surface area contributed by atoms with E-state index in [4.69, 9.17) is 16.2 Å². The summed E-state index contributed by atoms with van der Waals surface area (Å²) in [6, 6.07) is -0.0305. The Kier molecular flexibility index (Phi) is 6.96. The molecule has 0 aromatic heterocycles. The van der Waals surface area contributed by atoms with Crippen LogP contribution in [0.2, 0.25) is 6.04 Å². The molecule has 0 aromatic carbocycles. The minimum atomic E-state index is -7.35. The van der Waals surface area contributed by atoms with Gasteiger partial charge in [0, 0.05) is 6.42 Å². The van der Waals surface area contributed by atoms with Crippen LogP contribution in [0.15, 0.2) is 0 Å². The summed E-state index contributed by atoms with van der Waals surface area (Å²) < 4.78 is 140. The molecular formula is C10H16F11N3Si. The van der Waals surface area contributed by atoms with Crippen molar-refractivity contribution in [2.24, 2.45) is 16.2 Å². The first kappa shape index (κ1) is 24.3. The molecule has 3 nitrogen and oxygen atoms in total. The number of hydrogen-bond acceptors (Lipinski definition) is 3. The molecule has 0 aliphatic carbocycles. The third-order valence-electron chi connectivity index (χ3n) is 3.20. The molecule has 0 aromatic rings. The van der Waals surface area contributed by atoms with Crippen LogP contribution in [0.3, 0.4) is 0 Å². The molecule has 15 heteroatoms. The van der Waals surface area contributed by atoms with Crippen molar-refractivity contribution in [2.45, 2.75) is 61.6 Å². The lowest BCUT2D eigenvalue weighted by Crippen LogP contribution is -2.66. The molecule has 0 unspecified atom stereocenters. The van der Waals surface area contributed by atoms with Gasteiger partial charge in [-0.15, -0.1) is 0 Å². The summed E-state index contributed by atoms with van der Waals surface area (Å²) in [7, 11) is -3.05. The van der Waals surface area contributed by atoms with Crippen LogP contribution in [0.5, 0.6) is 0 Å². The lowest BCUT2D eigenvalue weighted by Gasteiger charge is -2.37. The van der Waals surface area contributed by atoms with Gasteiger partial charge in [-0.05, 0) is 12.5 Å². The van der Waals surface area contributed by atoms with E-state index in [9.17, 15) is 48.3 Å². The molecule has 0 heterocycles. The van der Waals surface area contributed by atoms with Gasteiger partial charge in [-0.1, -0.05) is 12.8 Å². The second kappa shape index (κ2) is 7.15. The fraction of sp³-hybridized carbons (Fsp3) is 1.00. The van der Waals surface area contributed by atoms with Crippen LogP contribution in [-0.4, -0.2) is 38.4 Å². The van der Waals surface area contributed by atoms with Gasteiger partial charge in [0.25, 0.3) is 8.56 Å². The van der Waals surface area contributed by atoms with Gasteiger partial charge in [0.1, 0.15) is 0 Å². The third kappa shape index (κ3) is 5.16. The van der Waals surface area contributed by atoms with Gasteiger partial charge in [-0.3, -0.25) is 0 Å². The van der Waals surface area contributed by atoms with E-state index in [1.54, 1.807) is 0 Å². The highest BCUT2D eigenvalue weighted by atomic mass is 28.4. The molecule has 6 N–H and O–H groups in total. The second-order valence-electron chi connectivity index (χ2n) is 5.60. The van der Waals surface area contributed by atoms with E-state index in [2.05, 4.69) is 0 Å². The number of alkyl halides is 11. The predicted molar refractivity (Wildman–Crippen MR) is 67.4 cm³/mol. The SMILES string of the molecule is N[Si](N)(N)CCCCCC(F)(F)C(F)(F)C(F)(F)C(F)(F)C(F)(F)F. The molecule has 0 atom stereocenters. The average molecular weight is 415 g/mol. The Bertz CT molecular complexity index is 444. The van der Waals surface area contributed by atoms with Gasteiger partial charge in [0.05, 0.1) is 0 Å². The van der Waals surface area contributed by atoms with E-state index in [-0.39, 0.29) is 18.9 Å². The molecule has 0 radical (unpaired) electrons. The number of nitrogens with two attached hydrogens (primary N) is 3. The molecule has 0 aliphatic heterocycles. The van der Waals surface area contributed by atoms with Crippen molar-refractivity contribution in [1.82, 2.24) is 0 Å². The summed E-state index contributed by atoms with van der Waals surface area (Å²) in [5, 5.41) is 15.8. The molecule has 0 saturated carbocycles. The maximum Gasteiger partial charge on any atom is 0.460 e. The highest BCUT2D eigenvalue weighted by Crippen LogP contribution is 2.58. The Hall–Kier alpha value is -0.673. The van der Waals surface area contributed by atoms with E-state index in [1.807, 2.05) is 0 Å². The van der Waals surface area contributed by atoms with Crippen molar-refractivity contribution in [3.63, 3.8) is 0 Å². The Morgan fingerprint density at radius 2 is 1.00 bits per heavy atom. The minimum Gasteiger partial charge on any atom is -0.327 e. The van der Waals surface area contributed by atoms with Crippen LogP contribution < -0.4 is 16.2 Å². The van der Waals surface area contributed by atoms with Crippen LogP contribution >= 0.6 is 0 Å². The quantitative estimate of drug-likeness (QED) is 0.307. The topological polar surface area (TPSA) is 78.1 Å². The number of unbranched alkanes of at least 4 members (excludes halogenated alkanes) is 2. The van der Waals surface area contributed by atoms with Crippen molar-refractivity contribution < 1.29 is 48.3 Å². The first-order chi connectivity index (χ1) is 10.7. The fourth-order valence-corrected chi connectivity index (χ4v) is 2.58. The second-order valence-corrected chi connectivity index (χ2v) is 8.32. The summed E-state index contributed by atoms with van der Waals surface area (Å²) in [6.45, 7) is 0. The first-order valence-corrected chi connectivity index (χ1v) is 9.09. The molecule has 0 saturated heterocycles. The van der Waals surface area contributed by atoms with E-state index in [1.165, 1.54) is 0 Å². The zero-order valence-electron chi connectivity index (χ0n) is 12.4. The van der Waals surface area contributed by atoms with Crippen LogP contribution in [-0.2, 0) is 0 Å². The third-order valence-corrected chi connectivity index (χ3v) is 4.42. The lowest BCUT2D eigenvalue weighted by atomic mass is 9.94. The highest BCUT2D eigenvalue weighted by Gasteiger charge is 2.86. The Morgan fingerprint density at radius 1 is 0.560 bits per heavy atom. The molecule has 0 bridgehead atoms. The van der Waals surface area contributed by atoms with Gasteiger partial charge >= 0.3 is 29.9 Å². The number of hydrogen-bond donors (Lipinski definition) is 3. The molecule has 0 spiro atoms. The van der Waals surface area contributed by atoms with Crippen molar-refractivity contribution >= 4 is 8.56 Å². The van der Waals surface area contributed by atoms with Crippen molar-refractivity contribution in [1.29, 1.82) is 0 Å². The molecule has 0 aliphatic rings. The lowest BCUT2D eigenvalue weighted by molar-refractivity contribution is -0.422. The van der Waals surface area contributed by atoms with Crippen molar-refractivity contribution in [3.8, 4) is 0 Å². The van der Waals surface area contributed by atoms with Crippen LogP contribution in [0.1, 0.15) is 25.7 Å². The standard InChI is InChI=1S/C10H16F11N3Si/c11-6(12,4-2-1-3-5-25(22,23)24)7(13,14)8(15,16)9(17,18)10(19,20)21/h1-5,22-24H2. The first-order valence-electron chi connectivity index (χ1n) is 6.65. The summed E-state index contributed by atoms with van der Waals surface area (Å²) in [4.78, 5) is 0. The number of halogens is 11. The molecule has 0 fully saturated rings. The van der Waals surface area contributed by atoms with Gasteiger partial charge in [0.2, 0.25) is 0 Å². The summed E-state index contributed by atoms with van der Waals surface area (Å²) >= 11 is 0. The van der Waals surface area contributed by atoms with E-state index < -0.39 is 51.3 Å². The Morgan fingerprint density at radius 3 is 1.36 bits per heavy atom. The molecule has 0 rings (SSSR count). The summed E-state index contributed by atoms with van der Waals surface area (Å²) in [6.07, 6.45) is -10.4. The summed E-state index contributed by atoms with van der Waals surface area (Å²) in [5.74, 6) is -27.5. The normalized spacial score (nSPS) is 15.6. The van der Waals surface area contributed by atoms with Gasteiger partial charge < -0.3 is 16.2 Å². The van der Waals surface area contributed by atoms with Crippen molar-refractivity contribution in [3.05, 3.63) is 0 Å². The van der Waals surface area contributed by atoms with Crippen molar-refractivity contribution in [2.75, 3.05) is 0 Å². The number of rotatable bonds is 9. The maximum absolute atomic E-state index is 13.3. The zero-order chi connectivity index (χ0) is 20.5. The smallest absolute Gasteiger partial charge is 0.327 e. The van der Waals surface area contributed by atoms with Gasteiger partial charge in [0.15, 0.2) is 0 Å². The average Bonchev–Trinajstić information content (AvgIpc) is 2.34. The Balaban J connectivity index is 5.14. The van der Waals surface area contributed by atoms with E-state index in [0.717, 1.165) is 0 Å². The van der Waals surface area contributed by atoms with E-state index >= 15 is 0 Å². The largest absolute Gasteiger partial charge is 0.460 e. The zero-order valence-corrected chi connectivity index (χ0v) is 13.4. The van der Waals surface area contributed by atoms with E-state index in [0.29, 0.717) is 0 Å². The summed E-state index contributed by atoms with van der Waals surface area (Å²) in [5.41, 5.74) is 0. The molecule has 0 amide bonds. The molecular weight excluding hydrogens is 399 g/mol. The predicted octanol–water partition coefficient (Wildman–Crippen LogP) is 3.47. The minimum absolute atomic E-state index is 0.0305. The van der Waals surface area contributed by atoms with Crippen LogP contribution in [0, 0.1) is 0 Å². The van der Waals surface area contributed by atoms with Gasteiger partial charge in [-0.25, -0.2) is 0 Å². The van der Waals surface area contributed by atoms with Gasteiger partial charge in [-0.2, -0.15) is 48.3 Å². The molecule has 25 heavy (non-hydrogen) atoms. The van der Waals surface area contributed by atoms with Crippen LogP contribution in [0.25, 0.3) is 0 Å². The molecule has 152 valence electrons. The highest BCUT2D eigenvalue weighted by molar-refractivity contribution is 6.70.